The van der Waals surface area contributed by atoms with Crippen LogP contribution in [-0.4, -0.2) is 42.9 Å². The van der Waals surface area contributed by atoms with Crippen LogP contribution in [0.5, 0.6) is 5.75 Å². The summed E-state index contributed by atoms with van der Waals surface area (Å²) in [7, 11) is 0. The van der Waals surface area contributed by atoms with Gasteiger partial charge in [-0.3, -0.25) is 0 Å². The predicted molar refractivity (Wildman–Crippen MR) is 127 cm³/mol. The van der Waals surface area contributed by atoms with E-state index in [1.165, 1.54) is 0 Å². The smallest absolute Gasteiger partial charge is 0.513 e. The van der Waals surface area contributed by atoms with Gasteiger partial charge in [-0.25, -0.2) is 9.59 Å². The second-order valence-electron chi connectivity index (χ2n) is 7.14. The van der Waals surface area contributed by atoms with Crippen LogP contribution >= 0.6 is 11.6 Å². The van der Waals surface area contributed by atoms with Crippen LogP contribution in [0.1, 0.15) is 25.7 Å². The monoisotopic (exact) mass is 539 g/mol. The molecule has 2 rings (SSSR count). The van der Waals surface area contributed by atoms with E-state index in [4.69, 9.17) is 31.4 Å². The van der Waals surface area contributed by atoms with Gasteiger partial charge in [0.2, 0.25) is 12.2 Å². The number of unbranched alkanes of at least 4 members (excludes halogenated alkanes) is 3. The molecule has 11 nitrogen and oxygen atoms in total. The first-order valence-electron chi connectivity index (χ1n) is 10.8. The molecule has 13 heteroatoms. The highest BCUT2D eigenvalue weighted by Crippen LogP contribution is 2.16. The van der Waals surface area contributed by atoms with E-state index in [2.05, 4.69) is 20.4 Å². The van der Waals surface area contributed by atoms with Crippen LogP contribution in [0.3, 0.4) is 0 Å². The third-order valence-electron chi connectivity index (χ3n) is 4.41. The van der Waals surface area contributed by atoms with Crippen LogP contribution in [0.2, 0.25) is 5.02 Å². The van der Waals surface area contributed by atoms with E-state index < -0.39 is 18.7 Å². The minimum absolute atomic E-state index is 0. The zero-order valence-corrected chi connectivity index (χ0v) is 20.9. The highest BCUT2D eigenvalue weighted by molar-refractivity contribution is 6.30. The second-order valence-corrected chi connectivity index (χ2v) is 7.57. The third-order valence-corrected chi connectivity index (χ3v) is 4.66. The Kier molecular flexibility index (Phi) is 14.8. The number of pyridine rings is 1. The number of aliphatic imine (C=N–C) groups is 1. The molecule has 36 heavy (non-hydrogen) atoms. The zero-order valence-electron chi connectivity index (χ0n) is 19.4. The topological polar surface area (TPSA) is 146 Å². The first kappa shape index (κ1) is 30.3. The number of carboxylic acid groups (broad SMARTS) is 1. The number of guanidine groups is 1. The Morgan fingerprint density at radius 1 is 1.06 bits per heavy atom. The van der Waals surface area contributed by atoms with Gasteiger partial charge in [-0.2, -0.15) is 9.83 Å². The summed E-state index contributed by atoms with van der Waals surface area (Å²) in [6.45, 7) is 0.366. The fourth-order valence-electron chi connectivity index (χ4n) is 2.72. The van der Waals surface area contributed by atoms with E-state index in [1.807, 2.05) is 12.1 Å². The van der Waals surface area contributed by atoms with Crippen LogP contribution in [0.25, 0.3) is 0 Å². The molecule has 3 N–H and O–H groups in total. The van der Waals surface area contributed by atoms with Crippen LogP contribution in [0.4, 0.5) is 10.5 Å². The Labute approximate surface area is 220 Å². The van der Waals surface area contributed by atoms with Crippen molar-refractivity contribution in [2.45, 2.75) is 32.4 Å². The number of rotatable bonds is 13. The average molecular weight is 540 g/mol. The Morgan fingerprint density at radius 3 is 2.42 bits per heavy atom. The average Bonchev–Trinajstić information content (AvgIpc) is 2.85. The normalized spacial score (nSPS) is 10.4. The van der Waals surface area contributed by atoms with Crippen LogP contribution in [0.15, 0.2) is 53.8 Å². The molecule has 0 aliphatic heterocycles. The Hall–Kier alpha value is -3.75. The summed E-state index contributed by atoms with van der Waals surface area (Å²) in [6.07, 6.45) is 7.78. The van der Waals surface area contributed by atoms with Crippen molar-refractivity contribution in [1.29, 1.82) is 5.26 Å². The fourth-order valence-corrected chi connectivity index (χ4v) is 2.85. The van der Waals surface area contributed by atoms with Crippen molar-refractivity contribution in [3.63, 3.8) is 0 Å². The Balaban J connectivity index is 0.00000648. The summed E-state index contributed by atoms with van der Waals surface area (Å²) >= 11 is 5.85. The van der Waals surface area contributed by atoms with Gasteiger partial charge in [0.25, 0.3) is 6.73 Å². The molecule has 0 saturated carbocycles. The van der Waals surface area contributed by atoms with Crippen molar-refractivity contribution >= 4 is 35.4 Å². The van der Waals surface area contributed by atoms with E-state index in [0.717, 1.165) is 31.4 Å². The van der Waals surface area contributed by atoms with Gasteiger partial charge >= 0.3 is 12.1 Å². The second kappa shape index (κ2) is 17.7. The molecule has 0 unspecified atom stereocenters. The SMILES string of the molecule is N#CN=C(NCCCCCCOc1ccc(Cl)cc1)Nc1cc[n+](COC(=O)OCC(=O)O)cc1.[Cl-]. The quantitative estimate of drug-likeness (QED) is 0.0816. The highest BCUT2D eigenvalue weighted by Gasteiger charge is 2.10. The molecule has 0 fully saturated rings. The predicted octanol–water partition coefficient (Wildman–Crippen LogP) is 0.305. The highest BCUT2D eigenvalue weighted by atomic mass is 35.5. The zero-order chi connectivity index (χ0) is 25.3. The van der Waals surface area contributed by atoms with Crippen LogP contribution in [0, 0.1) is 11.5 Å². The molecule has 0 aliphatic rings. The summed E-state index contributed by atoms with van der Waals surface area (Å²) in [4.78, 5) is 25.4. The number of carbonyl (C=O) groups excluding carboxylic acids is 1. The molecule has 0 amide bonds. The Bertz CT molecular complexity index is 1010. The minimum atomic E-state index is -1.27. The minimum Gasteiger partial charge on any atom is -1.00 e. The van der Waals surface area contributed by atoms with Crippen molar-refractivity contribution in [3.05, 3.63) is 53.8 Å². The molecule has 0 atom stereocenters. The van der Waals surface area contributed by atoms with E-state index >= 15 is 0 Å². The molecule has 0 bridgehead atoms. The van der Waals surface area contributed by atoms with E-state index in [9.17, 15) is 9.59 Å². The Morgan fingerprint density at radius 2 is 1.75 bits per heavy atom. The number of nitriles is 1. The van der Waals surface area contributed by atoms with Crippen molar-refractivity contribution in [2.75, 3.05) is 25.1 Å². The number of aliphatic carboxylic acids is 1. The van der Waals surface area contributed by atoms with Crippen molar-refractivity contribution in [2.24, 2.45) is 4.99 Å². The van der Waals surface area contributed by atoms with E-state index in [1.54, 1.807) is 47.4 Å². The van der Waals surface area contributed by atoms with Crippen molar-refractivity contribution in [3.8, 4) is 11.9 Å². The molecular formula is C23H27Cl2N5O6. The maximum atomic E-state index is 11.3. The molecule has 1 heterocycles. The van der Waals surface area contributed by atoms with Gasteiger partial charge in [-0.05, 0) is 37.1 Å². The van der Waals surface area contributed by atoms with Gasteiger partial charge < -0.3 is 42.4 Å². The number of carbonyl (C=O) groups is 2. The van der Waals surface area contributed by atoms with E-state index in [-0.39, 0.29) is 19.1 Å². The summed E-state index contributed by atoms with van der Waals surface area (Å²) in [5, 5.41) is 24.2. The molecule has 1 aromatic carbocycles. The number of benzene rings is 1. The van der Waals surface area contributed by atoms with Gasteiger partial charge in [0, 0.05) is 23.7 Å². The largest absolute Gasteiger partial charge is 1.00 e. The maximum absolute atomic E-state index is 11.3. The number of carboxylic acids is 1. The lowest BCUT2D eigenvalue weighted by molar-refractivity contribution is -0.727. The van der Waals surface area contributed by atoms with Crippen LogP contribution in [-0.2, 0) is 21.0 Å². The summed E-state index contributed by atoms with van der Waals surface area (Å²) in [5.41, 5.74) is 0.663. The fraction of sp³-hybridized carbons (Fsp3) is 0.348. The molecule has 194 valence electrons. The first-order chi connectivity index (χ1) is 17.0. The van der Waals surface area contributed by atoms with Gasteiger partial charge in [-0.1, -0.05) is 24.4 Å². The number of hydrogen-bond acceptors (Lipinski definition) is 7. The van der Waals surface area contributed by atoms with Crippen LogP contribution < -0.4 is 32.3 Å². The number of nitrogens with zero attached hydrogens (tertiary/aromatic N) is 3. The molecule has 0 spiro atoms. The first-order valence-corrected chi connectivity index (χ1v) is 11.2. The number of halogens is 2. The number of ether oxygens (including phenoxy) is 3. The van der Waals surface area contributed by atoms with Gasteiger partial charge in [0.05, 0.1) is 12.3 Å². The molecule has 1 aromatic heterocycles. The summed E-state index contributed by atoms with van der Waals surface area (Å²) in [6, 6.07) is 10.7. The molecule has 2 aromatic rings. The molecule has 0 saturated heterocycles. The number of hydrogen-bond donors (Lipinski definition) is 3. The lowest BCUT2D eigenvalue weighted by atomic mass is 10.2. The van der Waals surface area contributed by atoms with Crippen molar-refractivity contribution in [1.82, 2.24) is 5.32 Å². The molecular weight excluding hydrogens is 513 g/mol. The summed E-state index contributed by atoms with van der Waals surface area (Å²) < 4.78 is 16.4. The summed E-state index contributed by atoms with van der Waals surface area (Å²) in [5.74, 6) is -0.144. The lowest BCUT2D eigenvalue weighted by Crippen LogP contribution is -3.00. The van der Waals surface area contributed by atoms with E-state index in [0.29, 0.717) is 29.8 Å². The number of nitrogens with one attached hydrogen (secondary N) is 2. The standard InChI is InChI=1S/C23H26ClN5O6.ClH/c24-18-5-7-20(8-6-18)33-14-4-2-1-3-11-26-22(27-16-25)28-19-9-12-29(13-10-19)17-35-23(32)34-15-21(30)31;/h5-10,12-13H,1-4,11,14-15,17H2,(H2,26,27,30,31);1H. The molecule has 0 radical (unpaired) electrons. The maximum Gasteiger partial charge on any atom is 0.513 e. The number of anilines is 1. The van der Waals surface area contributed by atoms with Gasteiger partial charge in [0.15, 0.2) is 19.0 Å². The van der Waals surface area contributed by atoms with Gasteiger partial charge in [0.1, 0.15) is 5.75 Å². The third kappa shape index (κ3) is 13.2. The molecule has 0 aliphatic carbocycles. The van der Waals surface area contributed by atoms with Gasteiger partial charge in [-0.15, -0.1) is 4.99 Å². The number of aromatic nitrogens is 1. The van der Waals surface area contributed by atoms with Crippen molar-refractivity contribution < 1.29 is 45.9 Å². The lowest BCUT2D eigenvalue weighted by Gasteiger charge is -2.11.